The van der Waals surface area contributed by atoms with Gasteiger partial charge >= 0.3 is 0 Å². The fourth-order valence-corrected chi connectivity index (χ4v) is 2.56. The number of aromatic nitrogens is 2. The Morgan fingerprint density at radius 3 is 3.10 bits per heavy atom. The number of carbonyl (C=O) groups excluding carboxylic acids is 1. The second-order valence-electron chi connectivity index (χ2n) is 5.73. The SMILES string of the molecule is CC(C)c1cccc(NC(=O)C2Cc3nc[nH]c3CN2)c1. The molecular formula is C16H20N4O. The zero-order valence-electron chi connectivity index (χ0n) is 12.3. The summed E-state index contributed by atoms with van der Waals surface area (Å²) in [5.74, 6) is 0.436. The van der Waals surface area contributed by atoms with Crippen LogP contribution in [-0.2, 0) is 17.8 Å². The molecule has 110 valence electrons. The second-order valence-corrected chi connectivity index (χ2v) is 5.73. The van der Waals surface area contributed by atoms with E-state index in [-0.39, 0.29) is 11.9 Å². The van der Waals surface area contributed by atoms with Gasteiger partial charge in [0.15, 0.2) is 0 Å². The van der Waals surface area contributed by atoms with E-state index in [2.05, 4.69) is 40.5 Å². The van der Waals surface area contributed by atoms with Crippen molar-refractivity contribution < 1.29 is 4.79 Å². The summed E-state index contributed by atoms with van der Waals surface area (Å²) in [6, 6.07) is 7.78. The first kappa shape index (κ1) is 13.8. The lowest BCUT2D eigenvalue weighted by Gasteiger charge is -2.22. The summed E-state index contributed by atoms with van der Waals surface area (Å²) >= 11 is 0. The normalized spacial score (nSPS) is 17.6. The van der Waals surface area contributed by atoms with Gasteiger partial charge in [0.25, 0.3) is 0 Å². The number of nitrogens with zero attached hydrogens (tertiary/aromatic N) is 1. The first-order chi connectivity index (χ1) is 10.1. The highest BCUT2D eigenvalue weighted by atomic mass is 16.2. The maximum Gasteiger partial charge on any atom is 0.241 e. The Labute approximate surface area is 124 Å². The van der Waals surface area contributed by atoms with E-state index in [0.29, 0.717) is 18.9 Å². The molecule has 1 aromatic heterocycles. The Morgan fingerprint density at radius 2 is 2.29 bits per heavy atom. The van der Waals surface area contributed by atoms with E-state index in [1.165, 1.54) is 5.56 Å². The molecule has 0 aliphatic carbocycles. The number of benzene rings is 1. The first-order valence-corrected chi connectivity index (χ1v) is 7.29. The van der Waals surface area contributed by atoms with Crippen LogP contribution in [0.3, 0.4) is 0 Å². The molecule has 3 N–H and O–H groups in total. The maximum atomic E-state index is 12.4. The van der Waals surface area contributed by atoms with Crippen LogP contribution in [0.5, 0.6) is 0 Å². The number of nitrogens with one attached hydrogen (secondary N) is 3. The van der Waals surface area contributed by atoms with Crippen molar-refractivity contribution >= 4 is 11.6 Å². The third-order valence-electron chi connectivity index (χ3n) is 3.87. The summed E-state index contributed by atoms with van der Waals surface area (Å²) in [5, 5.41) is 6.23. The van der Waals surface area contributed by atoms with Gasteiger partial charge in [0.1, 0.15) is 0 Å². The van der Waals surface area contributed by atoms with Crippen LogP contribution in [-0.4, -0.2) is 21.9 Å². The largest absolute Gasteiger partial charge is 0.347 e. The lowest BCUT2D eigenvalue weighted by molar-refractivity contribution is -0.118. The van der Waals surface area contributed by atoms with Crippen LogP contribution < -0.4 is 10.6 Å². The van der Waals surface area contributed by atoms with Gasteiger partial charge in [0.05, 0.1) is 23.8 Å². The van der Waals surface area contributed by atoms with E-state index < -0.39 is 0 Å². The molecular weight excluding hydrogens is 264 g/mol. The van der Waals surface area contributed by atoms with E-state index in [4.69, 9.17) is 0 Å². The highest BCUT2D eigenvalue weighted by molar-refractivity contribution is 5.95. The van der Waals surface area contributed by atoms with Gasteiger partial charge in [-0.15, -0.1) is 0 Å². The highest BCUT2D eigenvalue weighted by Crippen LogP contribution is 2.19. The fourth-order valence-electron chi connectivity index (χ4n) is 2.56. The maximum absolute atomic E-state index is 12.4. The lowest BCUT2D eigenvalue weighted by atomic mass is 10.0. The van der Waals surface area contributed by atoms with Gasteiger partial charge in [-0.1, -0.05) is 26.0 Å². The van der Waals surface area contributed by atoms with Gasteiger partial charge in [-0.2, -0.15) is 0 Å². The third kappa shape index (κ3) is 2.97. The first-order valence-electron chi connectivity index (χ1n) is 7.29. The molecule has 1 aromatic carbocycles. The minimum atomic E-state index is -0.233. The molecule has 1 unspecified atom stereocenters. The zero-order valence-corrected chi connectivity index (χ0v) is 12.3. The molecule has 3 rings (SSSR count). The van der Waals surface area contributed by atoms with Gasteiger partial charge in [0, 0.05) is 18.7 Å². The van der Waals surface area contributed by atoms with E-state index >= 15 is 0 Å². The highest BCUT2D eigenvalue weighted by Gasteiger charge is 2.25. The zero-order chi connectivity index (χ0) is 14.8. The number of carbonyl (C=O) groups is 1. The Bertz CT molecular complexity index is 647. The molecule has 2 aromatic rings. The number of fused-ring (bicyclic) bond motifs is 1. The molecule has 5 nitrogen and oxygen atoms in total. The molecule has 1 atom stereocenters. The molecule has 21 heavy (non-hydrogen) atoms. The number of imidazole rings is 1. The number of amides is 1. The Kier molecular flexibility index (Phi) is 3.75. The topological polar surface area (TPSA) is 69.8 Å². The van der Waals surface area contributed by atoms with Crippen molar-refractivity contribution in [2.24, 2.45) is 0 Å². The van der Waals surface area contributed by atoms with Crippen molar-refractivity contribution in [1.82, 2.24) is 15.3 Å². The molecule has 1 aliphatic heterocycles. The van der Waals surface area contributed by atoms with Gasteiger partial charge in [-0.3, -0.25) is 10.1 Å². The van der Waals surface area contributed by atoms with Crippen molar-refractivity contribution in [2.45, 2.75) is 38.8 Å². The van der Waals surface area contributed by atoms with Crippen molar-refractivity contribution in [2.75, 3.05) is 5.32 Å². The van der Waals surface area contributed by atoms with Gasteiger partial charge < -0.3 is 10.3 Å². The van der Waals surface area contributed by atoms with Crippen LogP contribution in [0, 0.1) is 0 Å². The van der Waals surface area contributed by atoms with Gasteiger partial charge in [-0.25, -0.2) is 4.98 Å². The molecule has 0 spiro atoms. The molecule has 0 fully saturated rings. The molecule has 2 heterocycles. The van der Waals surface area contributed by atoms with Crippen LogP contribution in [0.1, 0.15) is 36.7 Å². The van der Waals surface area contributed by atoms with Crippen molar-refractivity contribution in [1.29, 1.82) is 0 Å². The molecule has 0 radical (unpaired) electrons. The average Bonchev–Trinajstić information content (AvgIpc) is 2.94. The van der Waals surface area contributed by atoms with Crippen molar-refractivity contribution in [3.8, 4) is 0 Å². The van der Waals surface area contributed by atoms with Crippen LogP contribution in [0.25, 0.3) is 0 Å². The Morgan fingerprint density at radius 1 is 1.43 bits per heavy atom. The Hall–Kier alpha value is -2.14. The summed E-state index contributed by atoms with van der Waals surface area (Å²) in [6.45, 7) is 4.94. The molecule has 0 saturated carbocycles. The molecule has 1 amide bonds. The minimum Gasteiger partial charge on any atom is -0.347 e. The summed E-state index contributed by atoms with van der Waals surface area (Å²) in [4.78, 5) is 19.7. The number of rotatable bonds is 3. The second kappa shape index (κ2) is 5.69. The summed E-state index contributed by atoms with van der Waals surface area (Å²) in [7, 11) is 0. The number of hydrogen-bond donors (Lipinski definition) is 3. The van der Waals surface area contributed by atoms with Crippen LogP contribution in [0.15, 0.2) is 30.6 Å². The molecule has 0 bridgehead atoms. The fraction of sp³-hybridized carbons (Fsp3) is 0.375. The predicted molar refractivity (Wildman–Crippen MR) is 82.1 cm³/mol. The summed E-state index contributed by atoms with van der Waals surface area (Å²) in [6.07, 6.45) is 2.30. The van der Waals surface area contributed by atoms with Crippen molar-refractivity contribution in [3.05, 3.63) is 47.5 Å². The monoisotopic (exact) mass is 284 g/mol. The van der Waals surface area contributed by atoms with Gasteiger partial charge in [0.2, 0.25) is 5.91 Å². The quantitative estimate of drug-likeness (QED) is 0.809. The smallest absolute Gasteiger partial charge is 0.241 e. The van der Waals surface area contributed by atoms with Crippen LogP contribution >= 0.6 is 0 Å². The number of aromatic amines is 1. The minimum absolute atomic E-state index is 0.00967. The average molecular weight is 284 g/mol. The van der Waals surface area contributed by atoms with E-state index in [1.54, 1.807) is 6.33 Å². The van der Waals surface area contributed by atoms with Crippen LogP contribution in [0.2, 0.25) is 0 Å². The van der Waals surface area contributed by atoms with Crippen molar-refractivity contribution in [3.63, 3.8) is 0 Å². The molecule has 0 saturated heterocycles. The number of hydrogen-bond acceptors (Lipinski definition) is 3. The van der Waals surface area contributed by atoms with Crippen LogP contribution in [0.4, 0.5) is 5.69 Å². The standard InChI is InChI=1S/C16H20N4O/c1-10(2)11-4-3-5-12(6-11)20-16(21)14-7-13-15(8-17-14)19-9-18-13/h3-6,9-10,14,17H,7-8H2,1-2H3,(H,18,19)(H,20,21). The number of anilines is 1. The molecule has 1 aliphatic rings. The summed E-state index contributed by atoms with van der Waals surface area (Å²) < 4.78 is 0. The summed E-state index contributed by atoms with van der Waals surface area (Å²) in [5.41, 5.74) is 4.12. The lowest BCUT2D eigenvalue weighted by Crippen LogP contribution is -2.44. The number of H-pyrrole nitrogens is 1. The van der Waals surface area contributed by atoms with E-state index in [0.717, 1.165) is 17.1 Å². The van der Waals surface area contributed by atoms with E-state index in [1.807, 2.05) is 18.2 Å². The molecule has 5 heteroatoms. The Balaban J connectivity index is 1.68. The predicted octanol–water partition coefficient (Wildman–Crippen LogP) is 2.19. The van der Waals surface area contributed by atoms with Gasteiger partial charge in [-0.05, 0) is 23.6 Å². The third-order valence-corrected chi connectivity index (χ3v) is 3.87. The van der Waals surface area contributed by atoms with E-state index in [9.17, 15) is 4.79 Å².